The van der Waals surface area contributed by atoms with Crippen molar-refractivity contribution in [1.82, 2.24) is 4.57 Å². The minimum atomic E-state index is 0.562. The van der Waals surface area contributed by atoms with E-state index in [0.717, 1.165) is 23.5 Å². The van der Waals surface area contributed by atoms with Gasteiger partial charge in [-0.25, -0.2) is 0 Å². The summed E-state index contributed by atoms with van der Waals surface area (Å²) in [6.07, 6.45) is 8.07. The van der Waals surface area contributed by atoms with Gasteiger partial charge in [-0.15, -0.1) is 0 Å². The van der Waals surface area contributed by atoms with Gasteiger partial charge in [-0.05, 0) is 161 Å². The van der Waals surface area contributed by atoms with Crippen molar-refractivity contribution in [3.8, 4) is 33.4 Å². The summed E-state index contributed by atoms with van der Waals surface area (Å²) < 4.78 is 2.44. The van der Waals surface area contributed by atoms with Crippen LogP contribution < -0.4 is 4.90 Å². The molecule has 2 nitrogen and oxygen atoms in total. The molecular formula is C65H44N2. The lowest BCUT2D eigenvalue weighted by Crippen LogP contribution is -2.10. The number of nitrogens with zero attached hydrogens (tertiary/aromatic N) is 2. The number of allylic oxidation sites excluding steroid dienone is 4. The van der Waals surface area contributed by atoms with Crippen LogP contribution in [-0.4, -0.2) is 4.57 Å². The van der Waals surface area contributed by atoms with Crippen molar-refractivity contribution in [2.24, 2.45) is 5.92 Å². The average Bonchev–Trinajstić information content (AvgIpc) is 4.01. The highest BCUT2D eigenvalue weighted by Gasteiger charge is 2.33. The molecule has 1 unspecified atom stereocenters. The lowest BCUT2D eigenvalue weighted by Gasteiger charge is -2.27. The van der Waals surface area contributed by atoms with Crippen molar-refractivity contribution in [3.63, 3.8) is 0 Å². The Bertz CT molecular complexity index is 3920. The summed E-state index contributed by atoms with van der Waals surface area (Å²) in [6.45, 7) is 2.28. The standard InChI is InChI=1S/C65H44N2/c1-41-22-29-47(30-23-41)67-62-21-11-10-17-56(62)60-39-44(28-37-63(60)67)42-26-31-46(32-27-42)66(48-33-35-51-45(38-48)25-24-43-12-2-3-13-50(43)51)49-34-36-55-54-16-6-9-20-59(54)65(61(55)40-49)64-57-18-7-4-14-52(57)53-15-5-8-19-58(53)64/h2-22,24-41H,23H2,1H3. The zero-order valence-corrected chi connectivity index (χ0v) is 37.1. The molecule has 0 aliphatic heterocycles. The van der Waals surface area contributed by atoms with Crippen LogP contribution in [0.4, 0.5) is 17.1 Å². The van der Waals surface area contributed by atoms with Crippen molar-refractivity contribution in [2.75, 3.05) is 4.90 Å². The van der Waals surface area contributed by atoms with Crippen molar-refractivity contribution >= 4 is 77.3 Å². The average molecular weight is 853 g/mol. The molecule has 0 fully saturated rings. The number of aromatic nitrogens is 1. The third-order valence-electron chi connectivity index (χ3n) is 14.6. The van der Waals surface area contributed by atoms with Crippen LogP contribution in [0.25, 0.3) is 93.6 Å². The molecule has 0 saturated carbocycles. The molecule has 67 heavy (non-hydrogen) atoms. The summed E-state index contributed by atoms with van der Waals surface area (Å²) in [5.41, 5.74) is 22.3. The molecule has 314 valence electrons. The van der Waals surface area contributed by atoms with Gasteiger partial charge in [-0.3, -0.25) is 0 Å². The van der Waals surface area contributed by atoms with E-state index in [4.69, 9.17) is 0 Å². The number of benzene rings is 10. The van der Waals surface area contributed by atoms with Crippen LogP contribution in [0.1, 0.15) is 35.6 Å². The molecule has 1 aromatic heterocycles. The molecule has 1 atom stereocenters. The number of fused-ring (bicyclic) bond motifs is 12. The lowest BCUT2D eigenvalue weighted by molar-refractivity contribution is 0.735. The van der Waals surface area contributed by atoms with Crippen molar-refractivity contribution in [3.05, 3.63) is 253 Å². The van der Waals surface area contributed by atoms with E-state index in [-0.39, 0.29) is 0 Å². The summed E-state index contributed by atoms with van der Waals surface area (Å²) in [6, 6.07) is 79.2. The molecule has 10 aromatic carbocycles. The van der Waals surface area contributed by atoms with E-state index in [9.17, 15) is 0 Å². The highest BCUT2D eigenvalue weighted by Crippen LogP contribution is 2.55. The van der Waals surface area contributed by atoms with Gasteiger partial charge in [0.05, 0.1) is 11.0 Å². The molecule has 0 bridgehead atoms. The zero-order chi connectivity index (χ0) is 44.2. The molecule has 3 aliphatic carbocycles. The second kappa shape index (κ2) is 14.8. The van der Waals surface area contributed by atoms with Gasteiger partial charge in [0.1, 0.15) is 0 Å². The van der Waals surface area contributed by atoms with E-state index in [1.54, 1.807) is 0 Å². The largest absolute Gasteiger partial charge is 0.310 e. The Morgan fingerprint density at radius 2 is 0.925 bits per heavy atom. The van der Waals surface area contributed by atoms with Crippen molar-refractivity contribution in [1.29, 1.82) is 0 Å². The quantitative estimate of drug-likeness (QED) is 0.157. The first kappa shape index (κ1) is 37.9. The molecule has 0 amide bonds. The van der Waals surface area contributed by atoms with E-state index >= 15 is 0 Å². The Morgan fingerprint density at radius 3 is 1.64 bits per heavy atom. The first-order valence-corrected chi connectivity index (χ1v) is 23.6. The van der Waals surface area contributed by atoms with Gasteiger partial charge >= 0.3 is 0 Å². The fraction of sp³-hybridized carbons (Fsp3) is 0.0462. The summed E-state index contributed by atoms with van der Waals surface area (Å²) in [5, 5.41) is 7.55. The molecule has 3 aliphatic rings. The summed E-state index contributed by atoms with van der Waals surface area (Å²) in [4.78, 5) is 2.45. The number of anilines is 3. The third-order valence-corrected chi connectivity index (χ3v) is 14.6. The second-order valence-electron chi connectivity index (χ2n) is 18.5. The Hall–Kier alpha value is -8.46. The van der Waals surface area contributed by atoms with E-state index in [2.05, 4.69) is 247 Å². The minimum absolute atomic E-state index is 0.562. The van der Waals surface area contributed by atoms with Crippen molar-refractivity contribution in [2.45, 2.75) is 13.3 Å². The fourth-order valence-electron chi connectivity index (χ4n) is 11.5. The van der Waals surface area contributed by atoms with E-state index in [1.807, 2.05) is 0 Å². The zero-order valence-electron chi connectivity index (χ0n) is 37.1. The topological polar surface area (TPSA) is 8.17 Å². The number of hydrogen-bond acceptors (Lipinski definition) is 1. The molecule has 0 radical (unpaired) electrons. The maximum Gasteiger partial charge on any atom is 0.0541 e. The van der Waals surface area contributed by atoms with Gasteiger partial charge in [0.25, 0.3) is 0 Å². The predicted molar refractivity (Wildman–Crippen MR) is 284 cm³/mol. The molecule has 0 N–H and O–H groups in total. The maximum absolute atomic E-state index is 2.45. The van der Waals surface area contributed by atoms with Crippen LogP contribution in [-0.2, 0) is 0 Å². The highest BCUT2D eigenvalue weighted by molar-refractivity contribution is 6.19. The molecule has 0 spiro atoms. The monoisotopic (exact) mass is 852 g/mol. The molecular weight excluding hydrogens is 809 g/mol. The van der Waals surface area contributed by atoms with Crippen LogP contribution >= 0.6 is 0 Å². The summed E-state index contributed by atoms with van der Waals surface area (Å²) in [5.74, 6) is 0.562. The predicted octanol–water partition coefficient (Wildman–Crippen LogP) is 17.6. The van der Waals surface area contributed by atoms with Gasteiger partial charge in [-0.1, -0.05) is 177 Å². The van der Waals surface area contributed by atoms with Crippen molar-refractivity contribution < 1.29 is 0 Å². The van der Waals surface area contributed by atoms with Gasteiger partial charge in [-0.2, -0.15) is 0 Å². The lowest BCUT2D eigenvalue weighted by atomic mass is 9.91. The van der Waals surface area contributed by atoms with Crippen LogP contribution in [0.5, 0.6) is 0 Å². The Morgan fingerprint density at radius 1 is 0.388 bits per heavy atom. The van der Waals surface area contributed by atoms with Crippen LogP contribution in [0.3, 0.4) is 0 Å². The Labute approximate surface area is 390 Å². The van der Waals surface area contributed by atoms with Crippen LogP contribution in [0, 0.1) is 5.92 Å². The van der Waals surface area contributed by atoms with Crippen LogP contribution in [0.2, 0.25) is 0 Å². The summed E-state index contributed by atoms with van der Waals surface area (Å²) in [7, 11) is 0. The van der Waals surface area contributed by atoms with Crippen LogP contribution in [0.15, 0.2) is 231 Å². The first-order valence-electron chi connectivity index (χ1n) is 23.6. The summed E-state index contributed by atoms with van der Waals surface area (Å²) >= 11 is 0. The van der Waals surface area contributed by atoms with Gasteiger partial charge in [0, 0.05) is 33.5 Å². The first-order chi connectivity index (χ1) is 33.1. The number of hydrogen-bond donors (Lipinski definition) is 0. The molecule has 2 heteroatoms. The van der Waals surface area contributed by atoms with Gasteiger partial charge in [0.15, 0.2) is 0 Å². The second-order valence-corrected chi connectivity index (χ2v) is 18.5. The fourth-order valence-corrected chi connectivity index (χ4v) is 11.5. The van der Waals surface area contributed by atoms with E-state index in [1.165, 1.54) is 116 Å². The Kier molecular flexibility index (Phi) is 8.36. The smallest absolute Gasteiger partial charge is 0.0541 e. The molecule has 1 heterocycles. The maximum atomic E-state index is 2.45. The number of rotatable bonds is 5. The minimum Gasteiger partial charge on any atom is -0.310 e. The molecule has 14 rings (SSSR count). The SMILES string of the molecule is CC1C=CC(n2c3ccccc3c3cc(-c4ccc(N(c5ccc6c(c5)C(=C5c7ccccc7-c7ccccc75)c5ccccc5-6)c5ccc6c(ccc7ccccc76)c5)cc4)ccc32)=CC1. The van der Waals surface area contributed by atoms with E-state index in [0.29, 0.717) is 5.92 Å². The number of para-hydroxylation sites is 1. The highest BCUT2D eigenvalue weighted by atomic mass is 15.1. The van der Waals surface area contributed by atoms with Gasteiger partial charge in [0.2, 0.25) is 0 Å². The van der Waals surface area contributed by atoms with E-state index < -0.39 is 0 Å². The third kappa shape index (κ3) is 5.83. The Balaban J connectivity index is 0.936. The van der Waals surface area contributed by atoms with Gasteiger partial charge < -0.3 is 9.47 Å². The normalized spacial score (nSPS) is 14.7. The molecule has 11 aromatic rings. The molecule has 0 saturated heterocycles.